The fourth-order valence-electron chi connectivity index (χ4n) is 2.86. The van der Waals surface area contributed by atoms with E-state index in [1.165, 1.54) is 0 Å². The Labute approximate surface area is 166 Å². The van der Waals surface area contributed by atoms with Crippen molar-refractivity contribution in [2.24, 2.45) is 0 Å². The van der Waals surface area contributed by atoms with Crippen molar-refractivity contribution in [3.8, 4) is 5.75 Å². The molecular formula is C24H26N2O2. The quantitative estimate of drug-likeness (QED) is 0.589. The molecule has 0 spiro atoms. The molecule has 4 heteroatoms. The first-order chi connectivity index (χ1) is 13.7. The van der Waals surface area contributed by atoms with Crippen LogP contribution >= 0.6 is 0 Å². The third-order valence-corrected chi connectivity index (χ3v) is 4.46. The number of amides is 1. The molecule has 1 N–H and O–H groups in total. The second-order valence-corrected chi connectivity index (χ2v) is 6.71. The van der Waals surface area contributed by atoms with Crippen molar-refractivity contribution >= 4 is 11.6 Å². The largest absolute Gasteiger partial charge is 0.489 e. The van der Waals surface area contributed by atoms with Crippen molar-refractivity contribution in [3.63, 3.8) is 0 Å². The van der Waals surface area contributed by atoms with E-state index < -0.39 is 0 Å². The van der Waals surface area contributed by atoms with Crippen LogP contribution in [-0.4, -0.2) is 24.4 Å². The highest BCUT2D eigenvalue weighted by molar-refractivity contribution is 5.76. The van der Waals surface area contributed by atoms with Crippen LogP contribution in [0.4, 0.5) is 5.69 Å². The number of benzene rings is 3. The average molecular weight is 374 g/mol. The number of hydrogen-bond acceptors (Lipinski definition) is 3. The monoisotopic (exact) mass is 374 g/mol. The van der Waals surface area contributed by atoms with Crippen LogP contribution in [0.2, 0.25) is 0 Å². The molecule has 0 unspecified atom stereocenters. The average Bonchev–Trinajstić information content (AvgIpc) is 2.74. The Balaban J connectivity index is 1.39. The standard InChI is InChI=1S/C24H26N2O2/c1-26(18-20-8-4-2-5-9-20)24(27)16-17-25-22-12-14-23(15-13-22)28-19-21-10-6-3-7-11-21/h2-15,25H,16-19H2,1H3. The third kappa shape index (κ3) is 6.16. The van der Waals surface area contributed by atoms with Crippen LogP contribution in [0.5, 0.6) is 5.75 Å². The van der Waals surface area contributed by atoms with Crippen LogP contribution in [0.25, 0.3) is 0 Å². The summed E-state index contributed by atoms with van der Waals surface area (Å²) in [4.78, 5) is 14.0. The molecule has 3 rings (SSSR count). The maximum absolute atomic E-state index is 12.3. The molecule has 0 saturated carbocycles. The lowest BCUT2D eigenvalue weighted by Crippen LogP contribution is -2.27. The summed E-state index contributed by atoms with van der Waals surface area (Å²) in [6.45, 7) is 1.78. The van der Waals surface area contributed by atoms with Gasteiger partial charge in [-0.25, -0.2) is 0 Å². The molecule has 28 heavy (non-hydrogen) atoms. The second-order valence-electron chi connectivity index (χ2n) is 6.71. The molecule has 0 radical (unpaired) electrons. The highest BCUT2D eigenvalue weighted by Crippen LogP contribution is 2.17. The summed E-state index contributed by atoms with van der Waals surface area (Å²) in [6.07, 6.45) is 0.454. The lowest BCUT2D eigenvalue weighted by atomic mass is 10.2. The number of rotatable bonds is 9. The first-order valence-corrected chi connectivity index (χ1v) is 9.49. The van der Waals surface area contributed by atoms with Gasteiger partial charge in [0.1, 0.15) is 12.4 Å². The molecule has 0 heterocycles. The smallest absolute Gasteiger partial charge is 0.224 e. The van der Waals surface area contributed by atoms with E-state index in [9.17, 15) is 4.79 Å². The van der Waals surface area contributed by atoms with Crippen LogP contribution in [0.3, 0.4) is 0 Å². The van der Waals surface area contributed by atoms with E-state index in [1.54, 1.807) is 4.90 Å². The predicted octanol–water partition coefficient (Wildman–Crippen LogP) is 4.73. The van der Waals surface area contributed by atoms with Crippen molar-refractivity contribution in [1.82, 2.24) is 4.90 Å². The molecule has 0 aliphatic heterocycles. The summed E-state index contributed by atoms with van der Waals surface area (Å²) in [6, 6.07) is 27.9. The molecule has 0 atom stereocenters. The van der Waals surface area contributed by atoms with Gasteiger partial charge in [-0.15, -0.1) is 0 Å². The van der Waals surface area contributed by atoms with Crippen LogP contribution in [0, 0.1) is 0 Å². The fraction of sp³-hybridized carbons (Fsp3) is 0.208. The summed E-state index contributed by atoms with van der Waals surface area (Å²) < 4.78 is 5.79. The van der Waals surface area contributed by atoms with E-state index in [-0.39, 0.29) is 5.91 Å². The molecule has 0 aliphatic carbocycles. The lowest BCUT2D eigenvalue weighted by molar-refractivity contribution is -0.130. The highest BCUT2D eigenvalue weighted by Gasteiger charge is 2.08. The SMILES string of the molecule is CN(Cc1ccccc1)C(=O)CCNc1ccc(OCc2ccccc2)cc1. The van der Waals surface area contributed by atoms with Gasteiger partial charge in [-0.1, -0.05) is 60.7 Å². The van der Waals surface area contributed by atoms with Gasteiger partial charge in [-0.3, -0.25) is 4.79 Å². The van der Waals surface area contributed by atoms with Crippen molar-refractivity contribution in [3.05, 3.63) is 96.1 Å². The third-order valence-electron chi connectivity index (χ3n) is 4.46. The number of ether oxygens (including phenoxy) is 1. The fourth-order valence-corrected chi connectivity index (χ4v) is 2.86. The summed E-state index contributed by atoms with van der Waals surface area (Å²) in [5.41, 5.74) is 3.26. The maximum atomic E-state index is 12.3. The molecule has 4 nitrogen and oxygen atoms in total. The highest BCUT2D eigenvalue weighted by atomic mass is 16.5. The summed E-state index contributed by atoms with van der Waals surface area (Å²) in [7, 11) is 1.84. The molecule has 3 aromatic rings. The van der Waals surface area contributed by atoms with Gasteiger partial charge >= 0.3 is 0 Å². The minimum atomic E-state index is 0.124. The number of hydrogen-bond donors (Lipinski definition) is 1. The Bertz CT molecular complexity index is 849. The molecular weight excluding hydrogens is 348 g/mol. The zero-order chi connectivity index (χ0) is 19.6. The lowest BCUT2D eigenvalue weighted by Gasteiger charge is -2.17. The molecule has 0 aliphatic rings. The van der Waals surface area contributed by atoms with Crippen LogP contribution < -0.4 is 10.1 Å². The molecule has 0 aromatic heterocycles. The van der Waals surface area contributed by atoms with Crippen molar-refractivity contribution in [2.45, 2.75) is 19.6 Å². The van der Waals surface area contributed by atoms with Crippen LogP contribution in [0.1, 0.15) is 17.5 Å². The number of nitrogens with one attached hydrogen (secondary N) is 1. The van der Waals surface area contributed by atoms with Gasteiger partial charge in [-0.2, -0.15) is 0 Å². The van der Waals surface area contributed by atoms with Gasteiger partial charge < -0.3 is 15.0 Å². The van der Waals surface area contributed by atoms with Gasteiger partial charge in [-0.05, 0) is 35.4 Å². The van der Waals surface area contributed by atoms with Gasteiger partial charge in [0.15, 0.2) is 0 Å². The second kappa shape index (κ2) is 10.2. The Morgan fingerprint density at radius 1 is 0.857 bits per heavy atom. The van der Waals surface area contributed by atoms with Gasteiger partial charge in [0.2, 0.25) is 5.91 Å². The number of anilines is 1. The number of carbonyl (C=O) groups excluding carboxylic acids is 1. The molecule has 0 bridgehead atoms. The number of nitrogens with zero attached hydrogens (tertiary/aromatic N) is 1. The summed E-state index contributed by atoms with van der Waals surface area (Å²) in [5, 5.41) is 3.29. The summed E-state index contributed by atoms with van der Waals surface area (Å²) >= 11 is 0. The Kier molecular flexibility index (Phi) is 7.08. The molecule has 0 fully saturated rings. The Morgan fingerprint density at radius 3 is 2.11 bits per heavy atom. The topological polar surface area (TPSA) is 41.6 Å². The van der Waals surface area contributed by atoms with Crippen molar-refractivity contribution in [1.29, 1.82) is 0 Å². The minimum Gasteiger partial charge on any atom is -0.489 e. The zero-order valence-corrected chi connectivity index (χ0v) is 16.2. The van der Waals surface area contributed by atoms with E-state index in [0.29, 0.717) is 26.1 Å². The zero-order valence-electron chi connectivity index (χ0n) is 16.2. The van der Waals surface area contributed by atoms with Gasteiger partial charge in [0.05, 0.1) is 0 Å². The molecule has 1 amide bonds. The van der Waals surface area contributed by atoms with E-state index in [0.717, 1.165) is 22.6 Å². The van der Waals surface area contributed by atoms with Crippen LogP contribution in [0.15, 0.2) is 84.9 Å². The van der Waals surface area contributed by atoms with Gasteiger partial charge in [0.25, 0.3) is 0 Å². The van der Waals surface area contributed by atoms with Gasteiger partial charge in [0, 0.05) is 32.2 Å². The van der Waals surface area contributed by atoms with Crippen molar-refractivity contribution < 1.29 is 9.53 Å². The van der Waals surface area contributed by atoms with Crippen molar-refractivity contribution in [2.75, 3.05) is 18.9 Å². The summed E-state index contributed by atoms with van der Waals surface area (Å²) in [5.74, 6) is 0.951. The normalized spacial score (nSPS) is 10.3. The first kappa shape index (κ1) is 19.5. The predicted molar refractivity (Wildman–Crippen MR) is 113 cm³/mol. The molecule has 3 aromatic carbocycles. The minimum absolute atomic E-state index is 0.124. The first-order valence-electron chi connectivity index (χ1n) is 9.49. The maximum Gasteiger partial charge on any atom is 0.224 e. The number of carbonyl (C=O) groups is 1. The Morgan fingerprint density at radius 2 is 1.46 bits per heavy atom. The Hall–Kier alpha value is -3.27. The van der Waals surface area contributed by atoms with E-state index in [1.807, 2.05) is 92.0 Å². The molecule has 144 valence electrons. The van der Waals surface area contributed by atoms with Crippen LogP contribution in [-0.2, 0) is 17.9 Å². The van der Waals surface area contributed by atoms with E-state index in [2.05, 4.69) is 5.32 Å². The van der Waals surface area contributed by atoms with E-state index in [4.69, 9.17) is 4.74 Å². The molecule has 0 saturated heterocycles. The van der Waals surface area contributed by atoms with E-state index >= 15 is 0 Å².